The molecule has 1 saturated carbocycles. The lowest BCUT2D eigenvalue weighted by Gasteiger charge is -2.49. The molecule has 1 aliphatic heterocycles. The first-order valence-corrected chi connectivity index (χ1v) is 7.02. The van der Waals surface area contributed by atoms with Crippen LogP contribution in [-0.2, 0) is 0 Å². The third kappa shape index (κ3) is 2.21. The molecule has 1 aliphatic carbocycles. The number of rotatable bonds is 2. The van der Waals surface area contributed by atoms with E-state index in [4.69, 9.17) is 0 Å². The van der Waals surface area contributed by atoms with E-state index in [2.05, 4.69) is 17.9 Å². The van der Waals surface area contributed by atoms with Crippen molar-refractivity contribution in [3.63, 3.8) is 0 Å². The van der Waals surface area contributed by atoms with Gasteiger partial charge in [-0.2, -0.15) is 5.26 Å². The minimum Gasteiger partial charge on any atom is -0.388 e. The number of nitriles is 1. The van der Waals surface area contributed by atoms with E-state index >= 15 is 0 Å². The number of hydrogen-bond acceptors (Lipinski definition) is 3. The SMILES string of the molecule is CCN1CCC(O)(C2(C#N)CCCCC2)CC1. The second-order valence-corrected chi connectivity index (χ2v) is 5.72. The van der Waals surface area contributed by atoms with Crippen LogP contribution in [0.15, 0.2) is 0 Å². The molecule has 1 heterocycles. The summed E-state index contributed by atoms with van der Waals surface area (Å²) in [5, 5.41) is 20.5. The van der Waals surface area contributed by atoms with Crippen LogP contribution in [0.5, 0.6) is 0 Å². The maximum atomic E-state index is 10.9. The van der Waals surface area contributed by atoms with Crippen LogP contribution in [0.2, 0.25) is 0 Å². The highest BCUT2D eigenvalue weighted by Gasteiger charge is 2.51. The summed E-state index contributed by atoms with van der Waals surface area (Å²) in [6, 6.07) is 2.49. The Morgan fingerprint density at radius 1 is 1.12 bits per heavy atom. The molecule has 0 bridgehead atoms. The van der Waals surface area contributed by atoms with Gasteiger partial charge in [0.25, 0.3) is 0 Å². The summed E-state index contributed by atoms with van der Waals surface area (Å²) in [5.41, 5.74) is -1.18. The van der Waals surface area contributed by atoms with Crippen molar-refractivity contribution in [2.24, 2.45) is 5.41 Å². The van der Waals surface area contributed by atoms with Crippen LogP contribution in [0.3, 0.4) is 0 Å². The van der Waals surface area contributed by atoms with Crippen LogP contribution < -0.4 is 0 Å². The zero-order valence-electron chi connectivity index (χ0n) is 10.9. The Balaban J connectivity index is 2.11. The fraction of sp³-hybridized carbons (Fsp3) is 0.929. The van der Waals surface area contributed by atoms with Crippen molar-refractivity contribution in [3.05, 3.63) is 0 Å². The van der Waals surface area contributed by atoms with Crippen LogP contribution in [-0.4, -0.2) is 35.2 Å². The molecule has 3 heteroatoms. The van der Waals surface area contributed by atoms with E-state index in [-0.39, 0.29) is 0 Å². The maximum absolute atomic E-state index is 10.9. The highest BCUT2D eigenvalue weighted by molar-refractivity contribution is 5.13. The van der Waals surface area contributed by atoms with Crippen LogP contribution in [0.25, 0.3) is 0 Å². The van der Waals surface area contributed by atoms with Gasteiger partial charge < -0.3 is 10.0 Å². The summed E-state index contributed by atoms with van der Waals surface area (Å²) < 4.78 is 0. The van der Waals surface area contributed by atoms with Gasteiger partial charge in [0.1, 0.15) is 0 Å². The van der Waals surface area contributed by atoms with E-state index in [1.165, 1.54) is 6.42 Å². The topological polar surface area (TPSA) is 47.3 Å². The van der Waals surface area contributed by atoms with Crippen LogP contribution in [0.1, 0.15) is 51.9 Å². The summed E-state index contributed by atoms with van der Waals surface area (Å²) in [4.78, 5) is 2.36. The lowest BCUT2D eigenvalue weighted by atomic mass is 9.61. The van der Waals surface area contributed by atoms with Gasteiger partial charge in [-0.15, -0.1) is 0 Å². The van der Waals surface area contributed by atoms with E-state index in [9.17, 15) is 10.4 Å². The molecule has 0 spiro atoms. The highest BCUT2D eigenvalue weighted by Crippen LogP contribution is 2.48. The molecule has 1 N–H and O–H groups in total. The lowest BCUT2D eigenvalue weighted by molar-refractivity contribution is -0.109. The molecule has 2 fully saturated rings. The molecular formula is C14H24N2O. The Morgan fingerprint density at radius 2 is 1.71 bits per heavy atom. The zero-order valence-corrected chi connectivity index (χ0v) is 10.9. The summed E-state index contributed by atoms with van der Waals surface area (Å²) >= 11 is 0. The fourth-order valence-electron chi connectivity index (χ4n) is 3.55. The summed E-state index contributed by atoms with van der Waals surface area (Å²) in [5.74, 6) is 0. The Bertz CT molecular complexity index is 294. The molecule has 3 nitrogen and oxygen atoms in total. The van der Waals surface area contributed by atoms with Gasteiger partial charge in [-0.25, -0.2) is 0 Å². The molecule has 0 unspecified atom stereocenters. The summed E-state index contributed by atoms with van der Waals surface area (Å²) in [6.07, 6.45) is 6.77. The summed E-state index contributed by atoms with van der Waals surface area (Å²) in [6.45, 7) is 5.09. The fourth-order valence-corrected chi connectivity index (χ4v) is 3.55. The molecule has 2 aliphatic rings. The Kier molecular flexibility index (Phi) is 3.75. The maximum Gasteiger partial charge on any atom is 0.0861 e. The smallest absolute Gasteiger partial charge is 0.0861 e. The zero-order chi connectivity index (χ0) is 12.4. The number of piperidine rings is 1. The minimum atomic E-state index is -0.728. The van der Waals surface area contributed by atoms with Crippen molar-refractivity contribution in [1.29, 1.82) is 5.26 Å². The largest absolute Gasteiger partial charge is 0.388 e. The van der Waals surface area contributed by atoms with Crippen molar-refractivity contribution in [3.8, 4) is 6.07 Å². The van der Waals surface area contributed by atoms with Gasteiger partial charge in [-0.1, -0.05) is 26.2 Å². The van der Waals surface area contributed by atoms with E-state index in [0.717, 1.165) is 58.2 Å². The van der Waals surface area contributed by atoms with E-state index in [1.807, 2.05) is 0 Å². The molecule has 0 aromatic carbocycles. The first-order valence-electron chi connectivity index (χ1n) is 7.02. The molecule has 0 radical (unpaired) electrons. The molecule has 0 aromatic heterocycles. The second kappa shape index (κ2) is 4.96. The first-order chi connectivity index (χ1) is 8.16. The highest BCUT2D eigenvalue weighted by atomic mass is 16.3. The number of hydrogen-bond donors (Lipinski definition) is 1. The van der Waals surface area contributed by atoms with E-state index < -0.39 is 11.0 Å². The molecular weight excluding hydrogens is 212 g/mol. The minimum absolute atomic E-state index is 0.453. The molecule has 0 amide bonds. The van der Waals surface area contributed by atoms with Crippen LogP contribution >= 0.6 is 0 Å². The van der Waals surface area contributed by atoms with Crippen molar-refractivity contribution in [2.45, 2.75) is 57.5 Å². The third-order valence-corrected chi connectivity index (χ3v) is 4.94. The molecule has 2 rings (SSSR count). The van der Waals surface area contributed by atoms with Crippen molar-refractivity contribution >= 4 is 0 Å². The van der Waals surface area contributed by atoms with Gasteiger partial charge in [0.2, 0.25) is 0 Å². The first kappa shape index (κ1) is 12.9. The van der Waals surface area contributed by atoms with E-state index in [1.54, 1.807) is 0 Å². The van der Waals surface area contributed by atoms with Crippen LogP contribution in [0, 0.1) is 16.7 Å². The molecule has 0 atom stereocenters. The molecule has 96 valence electrons. The Morgan fingerprint density at radius 3 is 2.18 bits per heavy atom. The normalized spacial score (nSPS) is 28.5. The molecule has 0 aromatic rings. The van der Waals surface area contributed by atoms with Gasteiger partial charge in [-0.05, 0) is 32.2 Å². The number of aliphatic hydroxyl groups is 1. The average Bonchev–Trinajstić information content (AvgIpc) is 2.40. The van der Waals surface area contributed by atoms with Crippen molar-refractivity contribution < 1.29 is 5.11 Å². The average molecular weight is 236 g/mol. The number of likely N-dealkylation sites (tertiary alicyclic amines) is 1. The predicted octanol–water partition coefficient (Wildman–Crippen LogP) is 2.31. The quantitative estimate of drug-likeness (QED) is 0.800. The van der Waals surface area contributed by atoms with E-state index in [0.29, 0.717) is 0 Å². The predicted molar refractivity (Wildman–Crippen MR) is 67.4 cm³/mol. The van der Waals surface area contributed by atoms with Crippen molar-refractivity contribution in [1.82, 2.24) is 4.90 Å². The number of nitrogens with zero attached hydrogens (tertiary/aromatic N) is 2. The van der Waals surface area contributed by atoms with Crippen molar-refractivity contribution in [2.75, 3.05) is 19.6 Å². The van der Waals surface area contributed by atoms with Gasteiger partial charge in [-0.3, -0.25) is 0 Å². The van der Waals surface area contributed by atoms with Gasteiger partial charge in [0.15, 0.2) is 0 Å². The Labute approximate surface area is 104 Å². The second-order valence-electron chi connectivity index (χ2n) is 5.72. The standard InChI is InChI=1S/C14H24N2O/c1-2-16-10-8-14(17,9-11-16)13(12-15)6-4-3-5-7-13/h17H,2-11H2,1H3. The van der Waals surface area contributed by atoms with Gasteiger partial charge >= 0.3 is 0 Å². The van der Waals surface area contributed by atoms with Gasteiger partial charge in [0, 0.05) is 13.1 Å². The Hall–Kier alpha value is -0.590. The lowest BCUT2D eigenvalue weighted by Crippen LogP contribution is -2.55. The molecule has 1 saturated heterocycles. The summed E-state index contributed by atoms with van der Waals surface area (Å²) in [7, 11) is 0. The molecule has 17 heavy (non-hydrogen) atoms. The van der Waals surface area contributed by atoms with Gasteiger partial charge in [0.05, 0.1) is 17.1 Å². The van der Waals surface area contributed by atoms with Crippen LogP contribution in [0.4, 0.5) is 0 Å². The third-order valence-electron chi connectivity index (χ3n) is 4.94. The monoisotopic (exact) mass is 236 g/mol.